The second-order valence-electron chi connectivity index (χ2n) is 5.11. The maximum Gasteiger partial charge on any atom is 0.161 e. The van der Waals surface area contributed by atoms with Gasteiger partial charge in [0.2, 0.25) is 0 Å². The zero-order valence-electron chi connectivity index (χ0n) is 11.4. The minimum absolute atomic E-state index is 0.220. The molecular formula is C15H22N2O. The molecular weight excluding hydrogens is 224 g/mol. The molecule has 1 heterocycles. The average molecular weight is 246 g/mol. The van der Waals surface area contributed by atoms with Crippen molar-refractivity contribution in [3.8, 4) is 0 Å². The van der Waals surface area contributed by atoms with Crippen LogP contribution in [0.4, 0.5) is 0 Å². The fourth-order valence-corrected chi connectivity index (χ4v) is 2.52. The van der Waals surface area contributed by atoms with Crippen LogP contribution in [0.5, 0.6) is 0 Å². The van der Waals surface area contributed by atoms with Crippen LogP contribution in [0.3, 0.4) is 0 Å². The third kappa shape index (κ3) is 3.31. The first-order valence-corrected chi connectivity index (χ1v) is 6.93. The maximum absolute atomic E-state index is 12.0. The Morgan fingerprint density at radius 1 is 1.39 bits per heavy atom. The molecule has 18 heavy (non-hydrogen) atoms. The van der Waals surface area contributed by atoms with E-state index in [1.807, 2.05) is 23.9 Å². The largest absolute Gasteiger partial charge is 0.294 e. The van der Waals surface area contributed by atoms with Crippen LogP contribution in [-0.2, 0) is 24.7 Å². The topological polar surface area (TPSA) is 34.9 Å². The van der Waals surface area contributed by atoms with Crippen molar-refractivity contribution >= 4 is 5.78 Å². The molecule has 3 heteroatoms. The third-order valence-corrected chi connectivity index (χ3v) is 3.61. The van der Waals surface area contributed by atoms with E-state index in [1.165, 1.54) is 24.8 Å². The van der Waals surface area contributed by atoms with Crippen molar-refractivity contribution in [2.75, 3.05) is 0 Å². The molecule has 0 bridgehead atoms. The molecule has 0 radical (unpaired) electrons. The van der Waals surface area contributed by atoms with Crippen molar-refractivity contribution < 1.29 is 4.79 Å². The molecule has 1 aromatic heterocycles. The van der Waals surface area contributed by atoms with Gasteiger partial charge < -0.3 is 0 Å². The summed E-state index contributed by atoms with van der Waals surface area (Å²) >= 11 is 0. The van der Waals surface area contributed by atoms with Gasteiger partial charge in [0.1, 0.15) is 0 Å². The van der Waals surface area contributed by atoms with E-state index in [0.717, 1.165) is 30.7 Å². The highest BCUT2D eigenvalue weighted by Gasteiger charge is 2.10. The molecule has 0 N–H and O–H groups in total. The maximum atomic E-state index is 12.0. The normalized spacial score (nSPS) is 15.8. The fourth-order valence-electron chi connectivity index (χ4n) is 2.52. The molecule has 98 valence electrons. The van der Waals surface area contributed by atoms with Gasteiger partial charge in [-0.25, -0.2) is 0 Å². The van der Waals surface area contributed by atoms with E-state index in [9.17, 15) is 4.79 Å². The van der Waals surface area contributed by atoms with E-state index in [-0.39, 0.29) is 5.78 Å². The van der Waals surface area contributed by atoms with Crippen LogP contribution in [0.2, 0.25) is 0 Å². The molecule has 1 aromatic rings. The number of carbonyl (C=O) groups is 1. The predicted octanol–water partition coefficient (Wildman–Crippen LogP) is 2.98. The summed E-state index contributed by atoms with van der Waals surface area (Å²) in [6.45, 7) is 2.08. The lowest BCUT2D eigenvalue weighted by atomic mass is 9.93. The first-order chi connectivity index (χ1) is 8.69. The Balaban J connectivity index is 1.99. The van der Waals surface area contributed by atoms with Crippen LogP contribution in [-0.4, -0.2) is 15.6 Å². The van der Waals surface area contributed by atoms with Crippen molar-refractivity contribution in [1.82, 2.24) is 9.78 Å². The number of rotatable bonds is 4. The third-order valence-electron chi connectivity index (χ3n) is 3.61. The molecule has 0 unspecified atom stereocenters. The summed E-state index contributed by atoms with van der Waals surface area (Å²) in [4.78, 5) is 12.0. The quantitative estimate of drug-likeness (QED) is 0.765. The van der Waals surface area contributed by atoms with Crippen molar-refractivity contribution in [3.63, 3.8) is 0 Å². The van der Waals surface area contributed by atoms with Gasteiger partial charge >= 0.3 is 0 Å². The van der Waals surface area contributed by atoms with Gasteiger partial charge in [0.25, 0.3) is 0 Å². The highest BCUT2D eigenvalue weighted by Crippen LogP contribution is 2.22. The van der Waals surface area contributed by atoms with Crippen LogP contribution in [0.1, 0.15) is 50.4 Å². The summed E-state index contributed by atoms with van der Waals surface area (Å²) in [6.07, 6.45) is 9.28. The fraction of sp³-hybridized carbons (Fsp3) is 0.600. The summed E-state index contributed by atoms with van der Waals surface area (Å²) in [5, 5.41) is 4.37. The van der Waals surface area contributed by atoms with E-state index < -0.39 is 0 Å². The minimum atomic E-state index is 0.220. The smallest absolute Gasteiger partial charge is 0.161 e. The van der Waals surface area contributed by atoms with Gasteiger partial charge in [-0.15, -0.1) is 0 Å². The Kier molecular flexibility index (Phi) is 4.34. The minimum Gasteiger partial charge on any atom is -0.294 e. The summed E-state index contributed by atoms with van der Waals surface area (Å²) in [7, 11) is 1.91. The number of aryl methyl sites for hydroxylation is 2. The highest BCUT2D eigenvalue weighted by atomic mass is 16.1. The van der Waals surface area contributed by atoms with Gasteiger partial charge in [-0.2, -0.15) is 5.10 Å². The van der Waals surface area contributed by atoms with Gasteiger partial charge in [0, 0.05) is 12.7 Å². The molecule has 0 saturated heterocycles. The molecule has 0 atom stereocenters. The molecule has 1 saturated carbocycles. The van der Waals surface area contributed by atoms with Crippen LogP contribution in [0.15, 0.2) is 17.7 Å². The zero-order valence-corrected chi connectivity index (χ0v) is 11.4. The molecule has 0 spiro atoms. The highest BCUT2D eigenvalue weighted by molar-refractivity contribution is 5.91. The molecule has 2 rings (SSSR count). The van der Waals surface area contributed by atoms with E-state index in [4.69, 9.17) is 0 Å². The second kappa shape index (κ2) is 5.98. The summed E-state index contributed by atoms with van der Waals surface area (Å²) in [5.74, 6) is 0.220. The molecule has 0 amide bonds. The Labute approximate surface area is 109 Å². The Bertz CT molecular complexity index is 449. The number of allylic oxidation sites excluding steroid dienone is 2. The summed E-state index contributed by atoms with van der Waals surface area (Å²) in [5.41, 5.74) is 3.42. The van der Waals surface area contributed by atoms with E-state index in [0.29, 0.717) is 6.42 Å². The lowest BCUT2D eigenvalue weighted by Crippen LogP contribution is -2.06. The number of hydrogen-bond donors (Lipinski definition) is 0. The lowest BCUT2D eigenvalue weighted by Gasteiger charge is -2.12. The van der Waals surface area contributed by atoms with Gasteiger partial charge in [-0.1, -0.05) is 18.9 Å². The van der Waals surface area contributed by atoms with Gasteiger partial charge in [-0.05, 0) is 44.2 Å². The SMILES string of the molecule is CCc1cc(CC(=O)C=C2CCCCC2)n(C)n1. The molecule has 1 aliphatic carbocycles. The van der Waals surface area contributed by atoms with E-state index >= 15 is 0 Å². The van der Waals surface area contributed by atoms with Gasteiger partial charge in [0.05, 0.1) is 12.1 Å². The van der Waals surface area contributed by atoms with E-state index in [2.05, 4.69) is 12.0 Å². The summed E-state index contributed by atoms with van der Waals surface area (Å²) < 4.78 is 1.83. The number of nitrogens with zero attached hydrogens (tertiary/aromatic N) is 2. The van der Waals surface area contributed by atoms with Crippen LogP contribution in [0.25, 0.3) is 0 Å². The first-order valence-electron chi connectivity index (χ1n) is 6.93. The number of aromatic nitrogens is 2. The first kappa shape index (κ1) is 13.1. The zero-order chi connectivity index (χ0) is 13.0. The second-order valence-corrected chi connectivity index (χ2v) is 5.11. The van der Waals surface area contributed by atoms with Crippen molar-refractivity contribution in [2.24, 2.45) is 7.05 Å². The standard InChI is InChI=1S/C15H22N2O/c1-3-13-10-14(17(2)16-13)11-15(18)9-12-7-5-4-6-8-12/h9-10H,3-8,11H2,1-2H3. The molecule has 0 aromatic carbocycles. The molecule has 1 aliphatic rings. The molecule has 0 aliphatic heterocycles. The number of hydrogen-bond acceptors (Lipinski definition) is 2. The van der Waals surface area contributed by atoms with Crippen molar-refractivity contribution in [1.29, 1.82) is 0 Å². The van der Waals surface area contributed by atoms with Crippen molar-refractivity contribution in [3.05, 3.63) is 29.1 Å². The van der Waals surface area contributed by atoms with Crippen LogP contribution < -0.4 is 0 Å². The summed E-state index contributed by atoms with van der Waals surface area (Å²) in [6, 6.07) is 2.04. The molecule has 3 nitrogen and oxygen atoms in total. The van der Waals surface area contributed by atoms with Crippen LogP contribution in [0, 0.1) is 0 Å². The van der Waals surface area contributed by atoms with Gasteiger partial charge in [0.15, 0.2) is 5.78 Å². The number of carbonyl (C=O) groups excluding carboxylic acids is 1. The Hall–Kier alpha value is -1.38. The van der Waals surface area contributed by atoms with Crippen molar-refractivity contribution in [2.45, 2.75) is 51.9 Å². The Morgan fingerprint density at radius 2 is 2.11 bits per heavy atom. The monoisotopic (exact) mass is 246 g/mol. The van der Waals surface area contributed by atoms with Crippen LogP contribution >= 0.6 is 0 Å². The van der Waals surface area contributed by atoms with Gasteiger partial charge in [-0.3, -0.25) is 9.48 Å². The predicted molar refractivity (Wildman–Crippen MR) is 72.5 cm³/mol. The number of ketones is 1. The molecule has 1 fully saturated rings. The van der Waals surface area contributed by atoms with E-state index in [1.54, 1.807) is 0 Å². The lowest BCUT2D eigenvalue weighted by molar-refractivity contribution is -0.114. The average Bonchev–Trinajstić information content (AvgIpc) is 2.71. The Morgan fingerprint density at radius 3 is 2.72 bits per heavy atom.